The number of H-pyrrole nitrogens is 1. The fourth-order valence-corrected chi connectivity index (χ4v) is 1.01. The standard InChI is InChI=1S/C7H8N4/c1-4-2-3-5-6(8)10-11-7(5)9-4/h2-3H,1H3,(H3,8,9,10,11). The molecule has 0 bridgehead atoms. The number of hydrogen-bond acceptors (Lipinski definition) is 3. The van der Waals surface area contributed by atoms with E-state index in [9.17, 15) is 0 Å². The van der Waals surface area contributed by atoms with Gasteiger partial charge in [-0.3, -0.25) is 5.10 Å². The number of nitrogens with zero attached hydrogens (tertiary/aromatic N) is 2. The van der Waals surface area contributed by atoms with Crippen LogP contribution >= 0.6 is 0 Å². The van der Waals surface area contributed by atoms with Crippen LogP contribution in [0.4, 0.5) is 5.82 Å². The average molecular weight is 148 g/mol. The van der Waals surface area contributed by atoms with Crippen LogP contribution in [-0.4, -0.2) is 15.2 Å². The van der Waals surface area contributed by atoms with Crippen molar-refractivity contribution in [2.75, 3.05) is 5.73 Å². The molecule has 0 saturated carbocycles. The molecule has 0 saturated heterocycles. The molecule has 2 heterocycles. The summed E-state index contributed by atoms with van der Waals surface area (Å²) in [6.45, 7) is 1.92. The van der Waals surface area contributed by atoms with Crippen molar-refractivity contribution in [3.05, 3.63) is 17.8 Å². The molecule has 2 rings (SSSR count). The van der Waals surface area contributed by atoms with E-state index in [2.05, 4.69) is 15.2 Å². The second kappa shape index (κ2) is 1.95. The summed E-state index contributed by atoms with van der Waals surface area (Å²) in [7, 11) is 0. The van der Waals surface area contributed by atoms with Gasteiger partial charge in [-0.15, -0.1) is 0 Å². The monoisotopic (exact) mass is 148 g/mol. The smallest absolute Gasteiger partial charge is 0.183 e. The number of rotatable bonds is 0. The van der Waals surface area contributed by atoms with Crippen LogP contribution in [0.1, 0.15) is 5.69 Å². The van der Waals surface area contributed by atoms with Gasteiger partial charge in [0.2, 0.25) is 0 Å². The predicted octanol–water partition coefficient (Wildman–Crippen LogP) is 0.849. The van der Waals surface area contributed by atoms with Gasteiger partial charge < -0.3 is 5.73 Å². The van der Waals surface area contributed by atoms with Gasteiger partial charge in [0.1, 0.15) is 5.82 Å². The molecule has 2 aromatic heterocycles. The van der Waals surface area contributed by atoms with Crippen LogP contribution in [0.3, 0.4) is 0 Å². The summed E-state index contributed by atoms with van der Waals surface area (Å²) in [6, 6.07) is 3.82. The molecule has 0 spiro atoms. The summed E-state index contributed by atoms with van der Waals surface area (Å²) >= 11 is 0. The highest BCUT2D eigenvalue weighted by Gasteiger charge is 2.01. The van der Waals surface area contributed by atoms with E-state index in [1.807, 2.05) is 19.1 Å². The second-order valence-electron chi connectivity index (χ2n) is 2.46. The molecule has 0 aliphatic rings. The summed E-state index contributed by atoms with van der Waals surface area (Å²) in [5.41, 5.74) is 7.20. The van der Waals surface area contributed by atoms with Crippen molar-refractivity contribution in [2.24, 2.45) is 0 Å². The Bertz CT molecular complexity index is 390. The normalized spacial score (nSPS) is 10.6. The van der Waals surface area contributed by atoms with E-state index in [4.69, 9.17) is 5.73 Å². The van der Waals surface area contributed by atoms with E-state index < -0.39 is 0 Å². The van der Waals surface area contributed by atoms with Gasteiger partial charge in [0.05, 0.1) is 5.39 Å². The number of aryl methyl sites for hydroxylation is 1. The van der Waals surface area contributed by atoms with Gasteiger partial charge in [0.15, 0.2) is 5.65 Å². The number of hydrogen-bond donors (Lipinski definition) is 2. The molecule has 0 aromatic carbocycles. The van der Waals surface area contributed by atoms with E-state index in [1.165, 1.54) is 0 Å². The number of fused-ring (bicyclic) bond motifs is 1. The first-order chi connectivity index (χ1) is 5.27. The van der Waals surface area contributed by atoms with Crippen LogP contribution in [0.15, 0.2) is 12.1 Å². The van der Waals surface area contributed by atoms with Crippen LogP contribution in [0.25, 0.3) is 11.0 Å². The van der Waals surface area contributed by atoms with Crippen LogP contribution in [0, 0.1) is 6.92 Å². The van der Waals surface area contributed by atoms with Gasteiger partial charge in [0, 0.05) is 5.69 Å². The lowest BCUT2D eigenvalue weighted by molar-refractivity contribution is 1.09. The summed E-state index contributed by atoms with van der Waals surface area (Å²) in [4.78, 5) is 4.17. The third-order valence-electron chi connectivity index (χ3n) is 1.59. The fraction of sp³-hybridized carbons (Fsp3) is 0.143. The Labute approximate surface area is 63.4 Å². The lowest BCUT2D eigenvalue weighted by Gasteiger charge is -1.89. The van der Waals surface area contributed by atoms with Gasteiger partial charge in [0.25, 0.3) is 0 Å². The molecular weight excluding hydrogens is 140 g/mol. The molecule has 0 unspecified atom stereocenters. The van der Waals surface area contributed by atoms with Crippen LogP contribution < -0.4 is 5.73 Å². The number of nitrogen functional groups attached to an aromatic ring is 1. The van der Waals surface area contributed by atoms with Gasteiger partial charge >= 0.3 is 0 Å². The van der Waals surface area contributed by atoms with Crippen LogP contribution in [0.2, 0.25) is 0 Å². The van der Waals surface area contributed by atoms with E-state index in [-0.39, 0.29) is 0 Å². The van der Waals surface area contributed by atoms with Crippen molar-refractivity contribution in [3.63, 3.8) is 0 Å². The number of anilines is 1. The Balaban J connectivity index is 2.86. The maximum Gasteiger partial charge on any atom is 0.183 e. The minimum Gasteiger partial charge on any atom is -0.384 e. The molecule has 0 aliphatic carbocycles. The summed E-state index contributed by atoms with van der Waals surface area (Å²) < 4.78 is 0. The van der Waals surface area contributed by atoms with Crippen molar-refractivity contribution < 1.29 is 0 Å². The van der Waals surface area contributed by atoms with E-state index in [0.29, 0.717) is 11.5 Å². The largest absolute Gasteiger partial charge is 0.384 e. The molecule has 0 amide bonds. The highest BCUT2D eigenvalue weighted by molar-refractivity contribution is 5.85. The van der Waals surface area contributed by atoms with Crippen LogP contribution in [-0.2, 0) is 0 Å². The fourth-order valence-electron chi connectivity index (χ4n) is 1.01. The minimum atomic E-state index is 0.576. The molecule has 0 radical (unpaired) electrons. The molecule has 0 fully saturated rings. The molecule has 11 heavy (non-hydrogen) atoms. The Morgan fingerprint density at radius 2 is 2.27 bits per heavy atom. The van der Waals surface area contributed by atoms with Crippen LogP contribution in [0.5, 0.6) is 0 Å². The Hall–Kier alpha value is -1.58. The number of aromatic nitrogens is 3. The number of nitrogens with one attached hydrogen (secondary N) is 1. The van der Waals surface area contributed by atoms with E-state index in [1.54, 1.807) is 0 Å². The third kappa shape index (κ3) is 0.832. The first-order valence-corrected chi connectivity index (χ1v) is 3.34. The molecule has 4 nitrogen and oxygen atoms in total. The zero-order valence-corrected chi connectivity index (χ0v) is 6.13. The van der Waals surface area contributed by atoms with Gasteiger partial charge in [-0.2, -0.15) is 5.10 Å². The Morgan fingerprint density at radius 1 is 1.45 bits per heavy atom. The molecule has 4 heteroatoms. The molecule has 3 N–H and O–H groups in total. The van der Waals surface area contributed by atoms with Gasteiger partial charge in [-0.05, 0) is 19.1 Å². The topological polar surface area (TPSA) is 67.6 Å². The summed E-state index contributed by atoms with van der Waals surface area (Å²) in [5, 5.41) is 7.47. The molecule has 0 atom stereocenters. The summed E-state index contributed by atoms with van der Waals surface area (Å²) in [5.74, 6) is 0.576. The predicted molar refractivity (Wildman–Crippen MR) is 43.0 cm³/mol. The van der Waals surface area contributed by atoms with Gasteiger partial charge in [-0.1, -0.05) is 0 Å². The maximum atomic E-state index is 5.57. The minimum absolute atomic E-state index is 0.576. The first-order valence-electron chi connectivity index (χ1n) is 3.34. The number of pyridine rings is 1. The van der Waals surface area contributed by atoms with Crippen molar-refractivity contribution >= 4 is 16.9 Å². The highest BCUT2D eigenvalue weighted by Crippen LogP contribution is 2.14. The molecular formula is C7H8N4. The zero-order valence-electron chi connectivity index (χ0n) is 6.13. The SMILES string of the molecule is Cc1ccc2c(N)[nH]nc2n1. The van der Waals surface area contributed by atoms with Gasteiger partial charge in [-0.25, -0.2) is 4.98 Å². The van der Waals surface area contributed by atoms with Crippen molar-refractivity contribution in [1.29, 1.82) is 0 Å². The number of nitrogens with two attached hydrogens (primary N) is 1. The molecule has 0 aliphatic heterocycles. The maximum absolute atomic E-state index is 5.57. The molecule has 56 valence electrons. The van der Waals surface area contributed by atoms with E-state index >= 15 is 0 Å². The second-order valence-corrected chi connectivity index (χ2v) is 2.46. The quantitative estimate of drug-likeness (QED) is 0.582. The van der Waals surface area contributed by atoms with Crippen molar-refractivity contribution in [2.45, 2.75) is 6.92 Å². The van der Waals surface area contributed by atoms with E-state index in [0.717, 1.165) is 11.1 Å². The highest BCUT2D eigenvalue weighted by atomic mass is 15.2. The lowest BCUT2D eigenvalue weighted by Crippen LogP contribution is -1.84. The Kier molecular flexibility index (Phi) is 1.09. The van der Waals surface area contributed by atoms with Crippen molar-refractivity contribution in [3.8, 4) is 0 Å². The molecule has 2 aromatic rings. The Morgan fingerprint density at radius 3 is 3.09 bits per heavy atom. The number of aromatic amines is 1. The third-order valence-corrected chi connectivity index (χ3v) is 1.59. The van der Waals surface area contributed by atoms with Crippen molar-refractivity contribution in [1.82, 2.24) is 15.2 Å². The zero-order chi connectivity index (χ0) is 7.84. The first kappa shape index (κ1) is 6.15. The lowest BCUT2D eigenvalue weighted by atomic mass is 10.3. The average Bonchev–Trinajstić information content (AvgIpc) is 2.32. The summed E-state index contributed by atoms with van der Waals surface area (Å²) in [6.07, 6.45) is 0.